The summed E-state index contributed by atoms with van der Waals surface area (Å²) in [6.07, 6.45) is 6.32. The van der Waals surface area contributed by atoms with Crippen LogP contribution in [0.3, 0.4) is 0 Å². The molecule has 0 bridgehead atoms. The number of nitrogens with one attached hydrogen (secondary N) is 1. The van der Waals surface area contributed by atoms with Gasteiger partial charge in [0.1, 0.15) is 0 Å². The zero-order valence-corrected chi connectivity index (χ0v) is 14.2. The molecule has 0 aromatic carbocycles. The highest BCUT2D eigenvalue weighted by atomic mass is 16.5. The third kappa shape index (κ3) is 6.11. The summed E-state index contributed by atoms with van der Waals surface area (Å²) in [5.41, 5.74) is 0.393. The van der Waals surface area contributed by atoms with Crippen LogP contribution in [0.4, 0.5) is 0 Å². The molecule has 1 aliphatic rings. The number of hydrogen-bond donors (Lipinski definition) is 1. The Hall–Kier alpha value is -0.120. The Balaban J connectivity index is 2.49. The smallest absolute Gasteiger partial charge is 0.0730 e. The minimum Gasteiger partial charge on any atom is -0.385 e. The van der Waals surface area contributed by atoms with E-state index in [4.69, 9.17) is 9.47 Å². The summed E-state index contributed by atoms with van der Waals surface area (Å²) in [6.45, 7) is 12.0. The molecule has 0 radical (unpaired) electrons. The first-order chi connectivity index (χ1) is 9.49. The van der Waals surface area contributed by atoms with Crippen molar-refractivity contribution in [2.45, 2.75) is 71.9 Å². The van der Waals surface area contributed by atoms with E-state index in [2.05, 4.69) is 33.0 Å². The summed E-state index contributed by atoms with van der Waals surface area (Å²) in [6, 6.07) is 0.538. The minimum absolute atomic E-state index is 0.372. The predicted octanol–water partition coefficient (Wildman–Crippen LogP) is 3.62. The molecule has 0 amide bonds. The molecule has 1 rings (SSSR count). The third-order valence-corrected chi connectivity index (χ3v) is 4.50. The van der Waals surface area contributed by atoms with Crippen LogP contribution in [0.1, 0.15) is 59.8 Å². The molecule has 1 fully saturated rings. The standard InChI is InChI=1S/C17H35NO2/c1-6-10-18-15-9-8-14(17(2,3)4)13-16(15)20-12-7-11-19-5/h14-16,18H,6-13H2,1-5H3. The Bertz CT molecular complexity index is 250. The molecule has 0 spiro atoms. The van der Waals surface area contributed by atoms with Gasteiger partial charge in [-0.15, -0.1) is 0 Å². The van der Waals surface area contributed by atoms with Crippen LogP contribution < -0.4 is 5.32 Å². The molecule has 20 heavy (non-hydrogen) atoms. The van der Waals surface area contributed by atoms with Gasteiger partial charge in [-0.1, -0.05) is 27.7 Å². The topological polar surface area (TPSA) is 30.5 Å². The molecule has 120 valence electrons. The fourth-order valence-electron chi connectivity index (χ4n) is 3.10. The second-order valence-electron chi connectivity index (χ2n) is 7.19. The molecule has 0 heterocycles. The SMILES string of the molecule is CCCNC1CCC(C(C)(C)C)CC1OCCCOC. The molecular weight excluding hydrogens is 250 g/mol. The van der Waals surface area contributed by atoms with Crippen molar-refractivity contribution < 1.29 is 9.47 Å². The van der Waals surface area contributed by atoms with E-state index in [1.54, 1.807) is 7.11 Å². The first-order valence-corrected chi connectivity index (χ1v) is 8.33. The fourth-order valence-corrected chi connectivity index (χ4v) is 3.10. The predicted molar refractivity (Wildman–Crippen MR) is 85.1 cm³/mol. The van der Waals surface area contributed by atoms with Crippen molar-refractivity contribution in [1.82, 2.24) is 5.32 Å². The van der Waals surface area contributed by atoms with E-state index in [1.165, 1.54) is 25.7 Å². The van der Waals surface area contributed by atoms with Crippen LogP contribution in [0.5, 0.6) is 0 Å². The van der Waals surface area contributed by atoms with Gasteiger partial charge >= 0.3 is 0 Å². The Morgan fingerprint density at radius 3 is 2.50 bits per heavy atom. The molecule has 0 saturated heterocycles. The largest absolute Gasteiger partial charge is 0.385 e. The Labute approximate surface area is 125 Å². The molecule has 1 saturated carbocycles. The van der Waals surface area contributed by atoms with Crippen LogP contribution in [0.2, 0.25) is 0 Å². The average molecular weight is 285 g/mol. The number of rotatable bonds is 8. The van der Waals surface area contributed by atoms with Crippen molar-refractivity contribution in [3.05, 3.63) is 0 Å². The Morgan fingerprint density at radius 1 is 1.15 bits per heavy atom. The normalized spacial score (nSPS) is 27.8. The van der Waals surface area contributed by atoms with Crippen molar-refractivity contribution in [1.29, 1.82) is 0 Å². The quantitative estimate of drug-likeness (QED) is 0.691. The lowest BCUT2D eigenvalue weighted by Crippen LogP contribution is -2.47. The average Bonchev–Trinajstić information content (AvgIpc) is 2.41. The second kappa shape index (κ2) is 9.01. The molecule has 3 heteroatoms. The van der Waals surface area contributed by atoms with Gasteiger partial charge in [-0.2, -0.15) is 0 Å². The molecule has 1 N–H and O–H groups in total. The third-order valence-electron chi connectivity index (χ3n) is 4.50. The minimum atomic E-state index is 0.372. The van der Waals surface area contributed by atoms with Gasteiger partial charge in [-0.25, -0.2) is 0 Å². The molecular formula is C17H35NO2. The maximum Gasteiger partial charge on any atom is 0.0730 e. The maximum atomic E-state index is 6.18. The Morgan fingerprint density at radius 2 is 1.90 bits per heavy atom. The van der Waals surface area contributed by atoms with Gasteiger partial charge in [0.15, 0.2) is 0 Å². The highest BCUT2D eigenvalue weighted by Crippen LogP contribution is 2.38. The van der Waals surface area contributed by atoms with E-state index in [0.717, 1.165) is 32.1 Å². The second-order valence-corrected chi connectivity index (χ2v) is 7.19. The van der Waals surface area contributed by atoms with Crippen molar-refractivity contribution in [2.24, 2.45) is 11.3 Å². The van der Waals surface area contributed by atoms with Crippen molar-refractivity contribution in [3.8, 4) is 0 Å². The fraction of sp³-hybridized carbons (Fsp3) is 1.00. The van der Waals surface area contributed by atoms with E-state index in [-0.39, 0.29) is 0 Å². The van der Waals surface area contributed by atoms with Crippen LogP contribution in [0.15, 0.2) is 0 Å². The van der Waals surface area contributed by atoms with E-state index < -0.39 is 0 Å². The molecule has 0 aromatic rings. The summed E-state index contributed by atoms with van der Waals surface area (Å²) in [5.74, 6) is 0.773. The van der Waals surface area contributed by atoms with Crippen LogP contribution in [-0.4, -0.2) is 39.0 Å². The number of ether oxygens (including phenoxy) is 2. The highest BCUT2D eigenvalue weighted by molar-refractivity contribution is 4.89. The molecule has 0 aliphatic heterocycles. The van der Waals surface area contributed by atoms with Crippen molar-refractivity contribution in [2.75, 3.05) is 26.9 Å². The van der Waals surface area contributed by atoms with Gasteiger partial charge in [0.2, 0.25) is 0 Å². The number of methoxy groups -OCH3 is 1. The lowest BCUT2D eigenvalue weighted by atomic mass is 9.70. The highest BCUT2D eigenvalue weighted by Gasteiger charge is 2.36. The summed E-state index contributed by atoms with van der Waals surface area (Å²) >= 11 is 0. The van der Waals surface area contributed by atoms with Crippen molar-refractivity contribution in [3.63, 3.8) is 0 Å². The van der Waals surface area contributed by atoms with Crippen LogP contribution in [-0.2, 0) is 9.47 Å². The lowest BCUT2D eigenvalue weighted by Gasteiger charge is -2.42. The lowest BCUT2D eigenvalue weighted by molar-refractivity contribution is -0.0326. The van der Waals surface area contributed by atoms with Gasteiger partial charge in [-0.05, 0) is 50.0 Å². The van der Waals surface area contributed by atoms with E-state index in [9.17, 15) is 0 Å². The van der Waals surface area contributed by atoms with Gasteiger partial charge in [-0.3, -0.25) is 0 Å². The van der Waals surface area contributed by atoms with E-state index >= 15 is 0 Å². The van der Waals surface area contributed by atoms with Gasteiger partial charge in [0.05, 0.1) is 6.10 Å². The van der Waals surface area contributed by atoms with E-state index in [1.807, 2.05) is 0 Å². The first kappa shape index (κ1) is 17.9. The van der Waals surface area contributed by atoms with Crippen LogP contribution in [0.25, 0.3) is 0 Å². The van der Waals surface area contributed by atoms with Crippen molar-refractivity contribution >= 4 is 0 Å². The molecule has 3 unspecified atom stereocenters. The maximum absolute atomic E-state index is 6.18. The van der Waals surface area contributed by atoms with Gasteiger partial charge < -0.3 is 14.8 Å². The van der Waals surface area contributed by atoms with Gasteiger partial charge in [0.25, 0.3) is 0 Å². The zero-order chi connectivity index (χ0) is 15.0. The van der Waals surface area contributed by atoms with Crippen LogP contribution in [0, 0.1) is 11.3 Å². The monoisotopic (exact) mass is 285 g/mol. The molecule has 0 aromatic heterocycles. The summed E-state index contributed by atoms with van der Waals surface area (Å²) in [4.78, 5) is 0. The summed E-state index contributed by atoms with van der Waals surface area (Å²) in [5, 5.41) is 3.68. The molecule has 1 aliphatic carbocycles. The Kier molecular flexibility index (Phi) is 8.08. The van der Waals surface area contributed by atoms with E-state index in [0.29, 0.717) is 17.6 Å². The van der Waals surface area contributed by atoms with Crippen LogP contribution >= 0.6 is 0 Å². The summed E-state index contributed by atoms with van der Waals surface area (Å²) < 4.78 is 11.3. The molecule has 3 nitrogen and oxygen atoms in total. The summed E-state index contributed by atoms with van der Waals surface area (Å²) in [7, 11) is 1.75. The zero-order valence-electron chi connectivity index (χ0n) is 14.2. The van der Waals surface area contributed by atoms with Gasteiger partial charge in [0, 0.05) is 26.4 Å². The number of hydrogen-bond acceptors (Lipinski definition) is 3. The first-order valence-electron chi connectivity index (χ1n) is 8.33. The molecule has 3 atom stereocenters.